The largest absolute Gasteiger partial charge is 0.302 e. The lowest BCUT2D eigenvalue weighted by atomic mass is 9.78. The number of benzene rings is 1. The molecule has 0 N–H and O–H groups in total. The number of piperidine rings is 1. The quantitative estimate of drug-likeness (QED) is 0.512. The topological polar surface area (TPSA) is 59.1 Å². The van der Waals surface area contributed by atoms with E-state index in [1.807, 2.05) is 38.0 Å². The number of hydrogen-bond acceptors (Lipinski definition) is 5. The average molecular weight is 449 g/mol. The summed E-state index contributed by atoms with van der Waals surface area (Å²) in [5, 5.41) is 3.21. The van der Waals surface area contributed by atoms with Crippen molar-refractivity contribution in [3.05, 3.63) is 34.4 Å². The molecule has 6 nitrogen and oxygen atoms in total. The van der Waals surface area contributed by atoms with Crippen LogP contribution >= 0.6 is 11.6 Å². The second kappa shape index (κ2) is 8.47. The molecule has 3 fully saturated rings. The molecule has 7 heteroatoms. The number of aryl methyl sites for hydroxylation is 3. The Morgan fingerprint density at radius 3 is 2.13 bits per heavy atom. The van der Waals surface area contributed by atoms with Crippen molar-refractivity contribution >= 4 is 23.3 Å². The highest BCUT2D eigenvalue weighted by atomic mass is 35.5. The van der Waals surface area contributed by atoms with E-state index in [-0.39, 0.29) is 11.9 Å². The van der Waals surface area contributed by atoms with Gasteiger partial charge in [0, 0.05) is 13.1 Å². The normalized spacial score (nSPS) is 27.5. The number of amides is 1. The summed E-state index contributed by atoms with van der Waals surface area (Å²) in [7, 11) is 1.63. The van der Waals surface area contributed by atoms with Gasteiger partial charge in [0.2, 0.25) is 4.87 Å². The minimum Gasteiger partial charge on any atom is -0.302 e. The monoisotopic (exact) mass is 448 g/mol. The summed E-state index contributed by atoms with van der Waals surface area (Å²) in [6, 6.07) is 3.97. The van der Waals surface area contributed by atoms with Crippen LogP contribution in [0.4, 0.5) is 0 Å². The van der Waals surface area contributed by atoms with Gasteiger partial charge >= 0.3 is 0 Å². The van der Waals surface area contributed by atoms with Crippen molar-refractivity contribution in [2.45, 2.75) is 82.2 Å². The van der Waals surface area contributed by atoms with Crippen LogP contribution < -0.4 is 0 Å². The van der Waals surface area contributed by atoms with E-state index in [2.05, 4.69) is 0 Å². The van der Waals surface area contributed by atoms with Gasteiger partial charge < -0.3 is 4.84 Å². The Hall–Kier alpha value is -1.47. The molecule has 1 aromatic rings. The zero-order valence-corrected chi connectivity index (χ0v) is 19.8. The van der Waals surface area contributed by atoms with Crippen molar-refractivity contribution in [2.24, 2.45) is 0 Å². The molecule has 1 amide bonds. The summed E-state index contributed by atoms with van der Waals surface area (Å²) in [5.41, 5.74) is 2.35. The number of rotatable bonds is 4. The van der Waals surface area contributed by atoms with Crippen LogP contribution in [0.5, 0.6) is 0 Å². The second-order valence-corrected chi connectivity index (χ2v) is 9.94. The predicted octanol–water partition coefficient (Wildman–Crippen LogP) is 4.12. The maximum absolute atomic E-state index is 14.1. The van der Waals surface area contributed by atoms with Gasteiger partial charge in [-0.2, -0.15) is 5.06 Å². The van der Waals surface area contributed by atoms with Gasteiger partial charge in [-0.05, 0) is 63.1 Å². The summed E-state index contributed by atoms with van der Waals surface area (Å²) in [4.78, 5) is 38.0. The van der Waals surface area contributed by atoms with Crippen LogP contribution in [0.25, 0.3) is 0 Å². The van der Waals surface area contributed by atoms with Crippen molar-refractivity contribution in [2.75, 3.05) is 20.2 Å². The third-order valence-corrected chi connectivity index (χ3v) is 7.76. The molecule has 3 aliphatic rings. The maximum Gasteiger partial charge on any atom is 0.280 e. The van der Waals surface area contributed by atoms with Gasteiger partial charge in [0.1, 0.15) is 5.54 Å². The smallest absolute Gasteiger partial charge is 0.280 e. The van der Waals surface area contributed by atoms with Gasteiger partial charge in [-0.25, -0.2) is 5.06 Å². The molecule has 1 aromatic carbocycles. The van der Waals surface area contributed by atoms with E-state index in [1.54, 1.807) is 7.11 Å². The van der Waals surface area contributed by atoms with E-state index in [0.717, 1.165) is 42.4 Å². The van der Waals surface area contributed by atoms with Gasteiger partial charge in [0.15, 0.2) is 5.78 Å². The standard InChI is InChI=1S/C24H33ClN2O4/c1-16-14-17(2)20(18(3)15-16)24(25)21(28)23(10-12-26(30-4)13-11-23)27(22(24)29)31-19-8-6-5-7-9-19/h14-15,19H,5-13H2,1-4H3. The zero-order chi connectivity index (χ0) is 22.4. The van der Waals surface area contributed by atoms with Crippen molar-refractivity contribution in [3.63, 3.8) is 0 Å². The zero-order valence-electron chi connectivity index (χ0n) is 19.0. The van der Waals surface area contributed by atoms with Crippen LogP contribution in [-0.4, -0.2) is 53.7 Å². The number of Topliss-reactive ketones (excluding diaryl/α,β-unsaturated/α-hetero) is 1. The highest BCUT2D eigenvalue weighted by molar-refractivity contribution is 6.49. The number of halogens is 1. The number of hydrogen-bond donors (Lipinski definition) is 0. The van der Waals surface area contributed by atoms with Crippen molar-refractivity contribution in [3.8, 4) is 0 Å². The molecule has 0 bridgehead atoms. The first-order valence-electron chi connectivity index (χ1n) is 11.4. The molecule has 4 rings (SSSR count). The number of carbonyl (C=O) groups excluding carboxylic acids is 2. The van der Waals surface area contributed by atoms with E-state index >= 15 is 0 Å². The fourth-order valence-electron chi connectivity index (χ4n) is 5.73. The SMILES string of the molecule is CON1CCC2(CC1)C(=O)C(Cl)(c1c(C)cc(C)cc1C)C(=O)N2OC1CCCCC1. The lowest BCUT2D eigenvalue weighted by Crippen LogP contribution is -2.57. The van der Waals surface area contributed by atoms with Crippen LogP contribution in [0.1, 0.15) is 67.2 Å². The molecule has 1 saturated carbocycles. The van der Waals surface area contributed by atoms with E-state index < -0.39 is 16.3 Å². The highest BCUT2D eigenvalue weighted by Gasteiger charge is 2.69. The summed E-state index contributed by atoms with van der Waals surface area (Å²) >= 11 is 7.10. The third kappa shape index (κ3) is 3.62. The summed E-state index contributed by atoms with van der Waals surface area (Å²) in [5.74, 6) is -0.695. The summed E-state index contributed by atoms with van der Waals surface area (Å²) in [6.07, 6.45) is 5.96. The number of hydroxylamine groups is 4. The fraction of sp³-hybridized carbons (Fsp3) is 0.667. The Bertz CT molecular complexity index is 851. The van der Waals surface area contributed by atoms with Crippen LogP contribution in [0.3, 0.4) is 0 Å². The molecule has 2 saturated heterocycles. The Kier molecular flexibility index (Phi) is 6.21. The maximum atomic E-state index is 14.1. The molecule has 0 aromatic heterocycles. The van der Waals surface area contributed by atoms with Gasteiger partial charge in [-0.1, -0.05) is 48.6 Å². The Labute approximate surface area is 189 Å². The molecule has 1 unspecified atom stereocenters. The van der Waals surface area contributed by atoms with Crippen LogP contribution in [-0.2, 0) is 24.1 Å². The van der Waals surface area contributed by atoms with E-state index in [9.17, 15) is 9.59 Å². The number of nitrogens with zero attached hydrogens (tertiary/aromatic N) is 2. The van der Waals surface area contributed by atoms with Crippen molar-refractivity contribution in [1.82, 2.24) is 10.1 Å². The van der Waals surface area contributed by atoms with Gasteiger partial charge in [0.25, 0.3) is 5.91 Å². The average Bonchev–Trinajstić information content (AvgIpc) is 2.89. The molecule has 2 aliphatic heterocycles. The Morgan fingerprint density at radius 2 is 1.58 bits per heavy atom. The Morgan fingerprint density at radius 1 is 1.00 bits per heavy atom. The molecule has 170 valence electrons. The van der Waals surface area contributed by atoms with E-state index in [4.69, 9.17) is 21.3 Å². The number of alkyl halides is 1. The minimum atomic E-state index is -1.76. The van der Waals surface area contributed by atoms with Gasteiger partial charge in [-0.3, -0.25) is 14.4 Å². The lowest BCUT2D eigenvalue weighted by Gasteiger charge is -2.42. The molecule has 31 heavy (non-hydrogen) atoms. The molecule has 1 aliphatic carbocycles. The summed E-state index contributed by atoms with van der Waals surface area (Å²) in [6.45, 7) is 6.93. The van der Waals surface area contributed by atoms with Gasteiger partial charge in [-0.15, -0.1) is 0 Å². The fourth-order valence-corrected chi connectivity index (χ4v) is 6.28. The number of carbonyl (C=O) groups is 2. The first-order chi connectivity index (χ1) is 14.7. The third-order valence-electron chi connectivity index (χ3n) is 7.24. The van der Waals surface area contributed by atoms with Crippen molar-refractivity contribution in [1.29, 1.82) is 0 Å². The second-order valence-electron chi connectivity index (χ2n) is 9.37. The molecule has 1 atom stereocenters. The van der Waals surface area contributed by atoms with Crippen LogP contribution in [0.15, 0.2) is 12.1 Å². The first kappa shape index (κ1) is 22.7. The molecular weight excluding hydrogens is 416 g/mol. The van der Waals surface area contributed by atoms with Crippen molar-refractivity contribution < 1.29 is 19.3 Å². The Balaban J connectivity index is 1.78. The van der Waals surface area contributed by atoms with E-state index in [0.29, 0.717) is 31.5 Å². The predicted molar refractivity (Wildman–Crippen MR) is 119 cm³/mol. The van der Waals surface area contributed by atoms with Gasteiger partial charge in [0.05, 0.1) is 13.2 Å². The first-order valence-corrected chi connectivity index (χ1v) is 11.7. The lowest BCUT2D eigenvalue weighted by molar-refractivity contribution is -0.251. The molecule has 1 spiro atoms. The number of ketones is 1. The minimum absolute atomic E-state index is 0.0536. The highest BCUT2D eigenvalue weighted by Crippen LogP contribution is 2.51. The van der Waals surface area contributed by atoms with Crippen LogP contribution in [0, 0.1) is 20.8 Å². The van der Waals surface area contributed by atoms with Crippen LogP contribution in [0.2, 0.25) is 0 Å². The summed E-state index contributed by atoms with van der Waals surface area (Å²) < 4.78 is 0. The molecule has 0 radical (unpaired) electrons. The molecule has 2 heterocycles. The van der Waals surface area contributed by atoms with E-state index in [1.165, 1.54) is 11.5 Å². The molecular formula is C24H33ClN2O4.